The number of nitrogens with zero attached hydrogens (tertiary/aromatic N) is 2. The Morgan fingerprint density at radius 1 is 0.516 bits per heavy atom. The molecular weight excluding hydrogens is 789 g/mol. The first-order valence-electron chi connectivity index (χ1n) is 22.1. The molecule has 0 bridgehead atoms. The fraction of sp³-hybridized carbons (Fsp3) is 0.103. The summed E-state index contributed by atoms with van der Waals surface area (Å²) in [6, 6.07) is 55.3. The van der Waals surface area contributed by atoms with Gasteiger partial charge < -0.3 is 9.13 Å². The highest BCUT2D eigenvalue weighted by Crippen LogP contribution is 2.61. The molecular formula is C58H38N2S2. The summed E-state index contributed by atoms with van der Waals surface area (Å²) in [6.07, 6.45) is 13.9. The van der Waals surface area contributed by atoms with E-state index in [0.717, 1.165) is 25.7 Å². The molecule has 3 aromatic heterocycles. The Hall–Kier alpha value is -6.59. The van der Waals surface area contributed by atoms with Crippen LogP contribution >= 0.6 is 23.1 Å². The minimum absolute atomic E-state index is 0.294. The van der Waals surface area contributed by atoms with Crippen LogP contribution in [-0.2, 0) is 6.42 Å². The van der Waals surface area contributed by atoms with Crippen molar-refractivity contribution in [3.05, 3.63) is 197 Å². The maximum atomic E-state index is 2.62. The van der Waals surface area contributed by atoms with Crippen LogP contribution in [0.3, 0.4) is 0 Å². The van der Waals surface area contributed by atoms with Crippen LogP contribution in [0.1, 0.15) is 53.1 Å². The summed E-state index contributed by atoms with van der Waals surface area (Å²) in [5.41, 5.74) is 16.7. The molecule has 2 atom stereocenters. The van der Waals surface area contributed by atoms with Crippen LogP contribution < -0.4 is 0 Å². The highest BCUT2D eigenvalue weighted by molar-refractivity contribution is 8.00. The largest absolute Gasteiger partial charge is 0.309 e. The van der Waals surface area contributed by atoms with Crippen molar-refractivity contribution in [2.75, 3.05) is 0 Å². The first kappa shape index (κ1) is 34.0. The minimum Gasteiger partial charge on any atom is -0.309 e. The van der Waals surface area contributed by atoms with E-state index >= 15 is 0 Å². The van der Waals surface area contributed by atoms with Crippen LogP contribution in [0, 0.1) is 0 Å². The van der Waals surface area contributed by atoms with Gasteiger partial charge in [-0.2, -0.15) is 0 Å². The molecule has 0 saturated carbocycles. The molecule has 11 aromatic rings. The maximum absolute atomic E-state index is 2.62. The zero-order valence-electron chi connectivity index (χ0n) is 33.9. The Bertz CT molecular complexity index is 3900. The van der Waals surface area contributed by atoms with Crippen LogP contribution in [-0.4, -0.2) is 14.4 Å². The normalized spacial score (nSPS) is 17.8. The first-order chi connectivity index (χ1) is 30.8. The molecule has 3 aliphatic carbocycles. The molecule has 4 aliphatic rings. The molecule has 0 fully saturated rings. The zero-order valence-corrected chi connectivity index (χ0v) is 35.5. The van der Waals surface area contributed by atoms with Crippen molar-refractivity contribution >= 4 is 109 Å². The molecule has 15 rings (SSSR count). The summed E-state index contributed by atoms with van der Waals surface area (Å²) >= 11 is 4.09. The van der Waals surface area contributed by atoms with E-state index in [2.05, 4.69) is 191 Å². The van der Waals surface area contributed by atoms with Gasteiger partial charge in [0.15, 0.2) is 0 Å². The lowest BCUT2D eigenvalue weighted by Gasteiger charge is -2.33. The molecule has 292 valence electrons. The molecule has 62 heavy (non-hydrogen) atoms. The van der Waals surface area contributed by atoms with Crippen LogP contribution in [0.15, 0.2) is 174 Å². The number of benzene rings is 8. The second-order valence-electron chi connectivity index (χ2n) is 17.6. The lowest BCUT2D eigenvalue weighted by molar-refractivity contribution is 0.799. The van der Waals surface area contributed by atoms with Gasteiger partial charge in [0.05, 0.1) is 22.2 Å². The second-order valence-corrected chi connectivity index (χ2v) is 19.8. The topological polar surface area (TPSA) is 9.86 Å². The van der Waals surface area contributed by atoms with Crippen molar-refractivity contribution in [2.24, 2.45) is 0 Å². The smallest absolute Gasteiger partial charge is 0.0586 e. The van der Waals surface area contributed by atoms with E-state index in [1.165, 1.54) is 130 Å². The lowest BCUT2D eigenvalue weighted by atomic mass is 9.74. The molecule has 0 amide bonds. The van der Waals surface area contributed by atoms with Crippen LogP contribution in [0.2, 0.25) is 0 Å². The average Bonchev–Trinajstić information content (AvgIpc) is 4.10. The number of rotatable bonds is 2. The zero-order chi connectivity index (χ0) is 40.2. The highest BCUT2D eigenvalue weighted by Gasteiger charge is 2.45. The van der Waals surface area contributed by atoms with Gasteiger partial charge in [-0.25, -0.2) is 0 Å². The fourth-order valence-corrected chi connectivity index (χ4v) is 15.1. The highest BCUT2D eigenvalue weighted by atomic mass is 32.2. The van der Waals surface area contributed by atoms with Crippen LogP contribution in [0.4, 0.5) is 0 Å². The summed E-state index contributed by atoms with van der Waals surface area (Å²) < 4.78 is 8.02. The number of thioether (sulfide) groups is 1. The quantitative estimate of drug-likeness (QED) is 0.169. The first-order valence-corrected chi connectivity index (χ1v) is 23.8. The number of thiophene rings is 1. The molecule has 4 heteroatoms. The van der Waals surface area contributed by atoms with E-state index in [4.69, 9.17) is 0 Å². The van der Waals surface area contributed by atoms with Gasteiger partial charge in [-0.15, -0.1) is 23.1 Å². The standard InChI is InChI=1S/C58H38N2S2/c1-3-15-37-33(13-1)25-31-45-51-49-43-21-9-11-23-47(43)59(53(49)39-17-5-7-19-41(39)57(51)61-55(37)45)35-27-29-36(30-28-35)60-48-24-12-10-22-44(48)50-52-46-32-26-34-14-2-4-16-38(34)56(46)62-58(52)42-20-8-6-18-40(42)54(50)60/h1-4,7-16,19-32,51,57H,5-6,17-18H2. The number of fused-ring (bicyclic) bond motifs is 23. The number of hydrogen-bond donors (Lipinski definition) is 0. The van der Waals surface area contributed by atoms with Crippen LogP contribution in [0.5, 0.6) is 0 Å². The molecule has 2 unspecified atom stereocenters. The van der Waals surface area contributed by atoms with E-state index in [1.807, 2.05) is 11.3 Å². The van der Waals surface area contributed by atoms with Gasteiger partial charge in [0.2, 0.25) is 0 Å². The minimum atomic E-state index is 0.294. The van der Waals surface area contributed by atoms with Gasteiger partial charge in [-0.05, 0) is 117 Å². The summed E-state index contributed by atoms with van der Waals surface area (Å²) in [6.45, 7) is 0. The number of allylic oxidation sites excluding steroid dienone is 4. The number of aryl methyl sites for hydroxylation is 1. The Labute approximate surface area is 366 Å². The average molecular weight is 827 g/mol. The Kier molecular flexibility index (Phi) is 6.87. The summed E-state index contributed by atoms with van der Waals surface area (Å²) in [4.78, 5) is 1.46. The summed E-state index contributed by atoms with van der Waals surface area (Å²) in [7, 11) is 0. The van der Waals surface area contributed by atoms with Crippen molar-refractivity contribution in [1.82, 2.24) is 9.13 Å². The fourth-order valence-electron chi connectivity index (χ4n) is 12.1. The van der Waals surface area contributed by atoms with E-state index in [9.17, 15) is 0 Å². The van der Waals surface area contributed by atoms with Gasteiger partial charge in [0.25, 0.3) is 0 Å². The molecule has 8 aromatic carbocycles. The van der Waals surface area contributed by atoms with Crippen molar-refractivity contribution < 1.29 is 0 Å². The van der Waals surface area contributed by atoms with E-state index in [1.54, 1.807) is 0 Å². The monoisotopic (exact) mass is 826 g/mol. The number of para-hydroxylation sites is 2. The summed E-state index contributed by atoms with van der Waals surface area (Å²) in [5, 5.41) is 12.6. The Balaban J connectivity index is 0.975. The van der Waals surface area contributed by atoms with E-state index < -0.39 is 0 Å². The van der Waals surface area contributed by atoms with Gasteiger partial charge in [0, 0.05) is 63.8 Å². The predicted molar refractivity (Wildman–Crippen MR) is 266 cm³/mol. The van der Waals surface area contributed by atoms with Gasteiger partial charge in [-0.3, -0.25) is 0 Å². The Morgan fingerprint density at radius 2 is 1.18 bits per heavy atom. The number of aromatic nitrogens is 2. The van der Waals surface area contributed by atoms with Crippen molar-refractivity contribution in [3.63, 3.8) is 0 Å². The van der Waals surface area contributed by atoms with E-state index in [-0.39, 0.29) is 0 Å². The van der Waals surface area contributed by atoms with Crippen molar-refractivity contribution in [2.45, 2.75) is 41.7 Å². The molecule has 4 heterocycles. The Morgan fingerprint density at radius 3 is 2.02 bits per heavy atom. The molecule has 1 aliphatic heterocycles. The van der Waals surface area contributed by atoms with Gasteiger partial charge in [0.1, 0.15) is 0 Å². The SMILES string of the molecule is C1=CC2=C(CC1)c1c(c3ccccc3n1-c1ccc(-n3c4ccccc4c4c5c(sc6c7ccccc7ccc65)c5c(c43)CCC=C5)cc1)C1c3ccc4ccccc4c3SC21. The van der Waals surface area contributed by atoms with Gasteiger partial charge in [-0.1, -0.05) is 133 Å². The molecule has 0 saturated heterocycles. The summed E-state index contributed by atoms with van der Waals surface area (Å²) in [5.74, 6) is 0.294. The van der Waals surface area contributed by atoms with Crippen molar-refractivity contribution in [1.29, 1.82) is 0 Å². The third-order valence-electron chi connectivity index (χ3n) is 14.6. The second kappa shape index (κ2) is 12.5. The molecule has 0 radical (unpaired) electrons. The van der Waals surface area contributed by atoms with E-state index in [0.29, 0.717) is 11.2 Å². The number of hydrogen-bond acceptors (Lipinski definition) is 2. The lowest BCUT2D eigenvalue weighted by Crippen LogP contribution is -2.23. The van der Waals surface area contributed by atoms with Crippen LogP contribution in [0.25, 0.3) is 97.4 Å². The third kappa shape index (κ3) is 4.36. The molecule has 0 N–H and O–H groups in total. The third-order valence-corrected chi connectivity index (χ3v) is 17.3. The molecule has 2 nitrogen and oxygen atoms in total. The maximum Gasteiger partial charge on any atom is 0.0586 e. The predicted octanol–water partition coefficient (Wildman–Crippen LogP) is 16.1. The molecule has 0 spiro atoms. The van der Waals surface area contributed by atoms with Crippen molar-refractivity contribution in [3.8, 4) is 11.4 Å². The van der Waals surface area contributed by atoms with Gasteiger partial charge >= 0.3 is 0 Å².